The minimum Gasteiger partial charge on any atom is -0.393 e. The molecule has 9 atom stereocenters. The first-order chi connectivity index (χ1) is 14.5. The Morgan fingerprint density at radius 3 is 2.52 bits per heavy atom. The Bertz CT molecular complexity index is 715. The van der Waals surface area contributed by atoms with E-state index in [0.717, 1.165) is 42.9 Å². The molecule has 3 saturated carbocycles. The second-order valence-corrected chi connectivity index (χ2v) is 12.8. The number of fused-ring (bicyclic) bond motifs is 5. The topological polar surface area (TPSA) is 40.5 Å². The van der Waals surface area contributed by atoms with Gasteiger partial charge in [0.2, 0.25) is 0 Å². The summed E-state index contributed by atoms with van der Waals surface area (Å²) in [5.74, 6) is 4.09. The van der Waals surface area contributed by atoms with Crippen molar-refractivity contribution in [3.8, 4) is 0 Å². The van der Waals surface area contributed by atoms with Crippen LogP contribution in [-0.2, 0) is 0 Å². The standard InChI is InChI=1S/C29H48O2/c1-7-20(27(3,4)31)9-8-19(2)24-12-13-25-23-11-10-21-18-22(30)14-16-28(21,5)26(23)15-17-29(24,25)6/h8-10,19-20,22-26,30-31H,7,11-18H2,1-6H3/t19-,20-,22+,23+,24-,25+,26+,28+,29-/m1/s1. The van der Waals surface area contributed by atoms with Gasteiger partial charge in [0.15, 0.2) is 0 Å². The fraction of sp³-hybridized carbons (Fsp3) is 0.862. The molecule has 0 bridgehead atoms. The summed E-state index contributed by atoms with van der Waals surface area (Å²) in [5, 5.41) is 20.7. The van der Waals surface area contributed by atoms with Gasteiger partial charge in [-0.2, -0.15) is 0 Å². The van der Waals surface area contributed by atoms with Crippen LogP contribution in [0.1, 0.15) is 99.3 Å². The smallest absolute Gasteiger partial charge is 0.0653 e. The monoisotopic (exact) mass is 428 g/mol. The molecule has 0 amide bonds. The Balaban J connectivity index is 1.52. The van der Waals surface area contributed by atoms with E-state index in [1.165, 1.54) is 38.5 Å². The number of aliphatic hydroxyl groups excluding tert-OH is 1. The zero-order valence-corrected chi connectivity index (χ0v) is 21.0. The molecular weight excluding hydrogens is 380 g/mol. The molecule has 2 heteroatoms. The average molecular weight is 429 g/mol. The van der Waals surface area contributed by atoms with E-state index >= 15 is 0 Å². The number of rotatable bonds is 5. The van der Waals surface area contributed by atoms with Gasteiger partial charge >= 0.3 is 0 Å². The van der Waals surface area contributed by atoms with E-state index in [0.29, 0.717) is 16.7 Å². The minimum absolute atomic E-state index is 0.107. The van der Waals surface area contributed by atoms with Crippen molar-refractivity contribution in [3.05, 3.63) is 23.8 Å². The van der Waals surface area contributed by atoms with Crippen molar-refractivity contribution in [3.63, 3.8) is 0 Å². The third kappa shape index (κ3) is 3.99. The molecule has 4 aliphatic rings. The zero-order chi connectivity index (χ0) is 22.6. The molecule has 0 saturated heterocycles. The van der Waals surface area contributed by atoms with Crippen LogP contribution in [0.3, 0.4) is 0 Å². The van der Waals surface area contributed by atoms with E-state index in [2.05, 4.69) is 45.9 Å². The van der Waals surface area contributed by atoms with E-state index < -0.39 is 5.60 Å². The van der Waals surface area contributed by atoms with E-state index in [1.807, 2.05) is 13.8 Å². The molecule has 0 unspecified atom stereocenters. The van der Waals surface area contributed by atoms with Gasteiger partial charge in [0.1, 0.15) is 0 Å². The summed E-state index contributed by atoms with van der Waals surface area (Å²) in [6.07, 6.45) is 18.0. The molecule has 0 aromatic carbocycles. The van der Waals surface area contributed by atoms with Crippen molar-refractivity contribution in [1.29, 1.82) is 0 Å². The molecule has 4 aliphatic carbocycles. The van der Waals surface area contributed by atoms with Crippen LogP contribution in [0.15, 0.2) is 23.8 Å². The largest absolute Gasteiger partial charge is 0.393 e. The average Bonchev–Trinajstić information content (AvgIpc) is 3.05. The summed E-state index contributed by atoms with van der Waals surface area (Å²) in [7, 11) is 0. The second-order valence-electron chi connectivity index (χ2n) is 12.8. The van der Waals surface area contributed by atoms with Crippen molar-refractivity contribution in [2.45, 2.75) is 111 Å². The maximum Gasteiger partial charge on any atom is 0.0653 e. The Labute approximate surface area is 191 Å². The molecule has 0 radical (unpaired) electrons. The van der Waals surface area contributed by atoms with Gasteiger partial charge in [-0.3, -0.25) is 0 Å². The van der Waals surface area contributed by atoms with Gasteiger partial charge < -0.3 is 10.2 Å². The predicted molar refractivity (Wildman–Crippen MR) is 130 cm³/mol. The number of hydrogen-bond donors (Lipinski definition) is 2. The highest BCUT2D eigenvalue weighted by Crippen LogP contribution is 2.67. The molecule has 2 nitrogen and oxygen atoms in total. The normalized spacial score (nSPS) is 44.9. The van der Waals surface area contributed by atoms with Crippen LogP contribution in [0.5, 0.6) is 0 Å². The lowest BCUT2D eigenvalue weighted by Crippen LogP contribution is -2.50. The minimum atomic E-state index is -0.639. The van der Waals surface area contributed by atoms with Crippen LogP contribution in [0.4, 0.5) is 0 Å². The molecule has 4 rings (SSSR count). The van der Waals surface area contributed by atoms with Gasteiger partial charge in [-0.1, -0.05) is 51.5 Å². The van der Waals surface area contributed by atoms with E-state index in [9.17, 15) is 10.2 Å². The highest BCUT2D eigenvalue weighted by atomic mass is 16.3. The number of aliphatic hydroxyl groups is 2. The Morgan fingerprint density at radius 1 is 1.10 bits per heavy atom. The van der Waals surface area contributed by atoms with Crippen LogP contribution in [0.25, 0.3) is 0 Å². The Hall–Kier alpha value is -0.600. The van der Waals surface area contributed by atoms with Crippen molar-refractivity contribution in [2.24, 2.45) is 46.3 Å². The van der Waals surface area contributed by atoms with Crippen molar-refractivity contribution < 1.29 is 10.2 Å². The molecule has 0 aliphatic heterocycles. The van der Waals surface area contributed by atoms with Crippen LogP contribution in [0.2, 0.25) is 0 Å². The molecule has 3 fully saturated rings. The van der Waals surface area contributed by atoms with Gasteiger partial charge in [-0.15, -0.1) is 0 Å². The first kappa shape index (κ1) is 23.6. The van der Waals surface area contributed by atoms with Crippen LogP contribution in [0, 0.1) is 46.3 Å². The summed E-state index contributed by atoms with van der Waals surface area (Å²) >= 11 is 0. The molecule has 31 heavy (non-hydrogen) atoms. The molecule has 2 N–H and O–H groups in total. The molecule has 0 aromatic heterocycles. The summed E-state index contributed by atoms with van der Waals surface area (Å²) in [6.45, 7) is 13.7. The molecule has 0 heterocycles. The molecule has 176 valence electrons. The Kier molecular flexibility index (Phi) is 6.32. The van der Waals surface area contributed by atoms with Gasteiger partial charge in [0.05, 0.1) is 11.7 Å². The summed E-state index contributed by atoms with van der Waals surface area (Å²) < 4.78 is 0. The predicted octanol–water partition coefficient (Wildman–Crippen LogP) is 6.92. The van der Waals surface area contributed by atoms with E-state index in [4.69, 9.17) is 0 Å². The number of allylic oxidation sites excluding steroid dienone is 2. The lowest BCUT2D eigenvalue weighted by Gasteiger charge is -2.58. The SMILES string of the molecule is CC[C@H](C=C[C@@H](C)[C@H]1CC[C@H]2[C@@H]3CC=C4C[C@@H](O)CC[C@]4(C)[C@H]3CC[C@]12C)C(C)(C)O. The van der Waals surface area contributed by atoms with Crippen LogP contribution < -0.4 is 0 Å². The van der Waals surface area contributed by atoms with Gasteiger partial charge in [-0.25, -0.2) is 0 Å². The van der Waals surface area contributed by atoms with Crippen LogP contribution in [-0.4, -0.2) is 21.9 Å². The summed E-state index contributed by atoms with van der Waals surface area (Å²) in [6, 6.07) is 0. The summed E-state index contributed by atoms with van der Waals surface area (Å²) in [4.78, 5) is 0. The third-order valence-electron chi connectivity index (χ3n) is 10.8. The second kappa shape index (κ2) is 8.32. The summed E-state index contributed by atoms with van der Waals surface area (Å²) in [5.41, 5.74) is 1.74. The van der Waals surface area contributed by atoms with Gasteiger partial charge in [-0.05, 0) is 112 Å². The lowest BCUT2D eigenvalue weighted by atomic mass is 9.47. The van der Waals surface area contributed by atoms with Crippen molar-refractivity contribution >= 4 is 0 Å². The molecule has 0 aromatic rings. The Morgan fingerprint density at radius 2 is 1.84 bits per heavy atom. The molecular formula is C29H48O2. The maximum absolute atomic E-state index is 10.5. The van der Waals surface area contributed by atoms with Gasteiger partial charge in [0.25, 0.3) is 0 Å². The maximum atomic E-state index is 10.5. The van der Waals surface area contributed by atoms with Crippen LogP contribution >= 0.6 is 0 Å². The fourth-order valence-corrected chi connectivity index (χ4v) is 8.86. The quantitative estimate of drug-likeness (QED) is 0.467. The fourth-order valence-electron chi connectivity index (χ4n) is 8.86. The third-order valence-corrected chi connectivity index (χ3v) is 10.8. The van der Waals surface area contributed by atoms with E-state index in [1.54, 1.807) is 5.57 Å². The first-order valence-electron chi connectivity index (χ1n) is 13.3. The van der Waals surface area contributed by atoms with E-state index in [-0.39, 0.29) is 12.0 Å². The lowest BCUT2D eigenvalue weighted by molar-refractivity contribution is -0.0541. The highest BCUT2D eigenvalue weighted by Gasteiger charge is 2.58. The zero-order valence-electron chi connectivity index (χ0n) is 21.0. The van der Waals surface area contributed by atoms with Crippen molar-refractivity contribution in [1.82, 2.24) is 0 Å². The van der Waals surface area contributed by atoms with Gasteiger partial charge in [0, 0.05) is 5.92 Å². The number of hydrogen-bond acceptors (Lipinski definition) is 2. The first-order valence-corrected chi connectivity index (χ1v) is 13.3. The molecule has 0 spiro atoms. The van der Waals surface area contributed by atoms with Crippen molar-refractivity contribution in [2.75, 3.05) is 0 Å². The highest BCUT2D eigenvalue weighted by molar-refractivity contribution is 5.25.